The minimum absolute atomic E-state index is 0.121. The highest BCUT2D eigenvalue weighted by Gasteiger charge is 2.30. The van der Waals surface area contributed by atoms with Gasteiger partial charge in [-0.05, 0) is 24.6 Å². The van der Waals surface area contributed by atoms with E-state index in [1.54, 1.807) is 0 Å². The van der Waals surface area contributed by atoms with Gasteiger partial charge >= 0.3 is 0 Å². The molecule has 1 aromatic heterocycles. The summed E-state index contributed by atoms with van der Waals surface area (Å²) in [4.78, 5) is 2.41. The van der Waals surface area contributed by atoms with Crippen LogP contribution in [0.2, 0.25) is 8.67 Å². The van der Waals surface area contributed by atoms with E-state index in [1.807, 2.05) is 18.2 Å². The van der Waals surface area contributed by atoms with Gasteiger partial charge in [-0.15, -0.1) is 11.3 Å². The fraction of sp³-hybridized carbons (Fsp3) is 0.375. The Balaban J connectivity index is 1.70. The Morgan fingerprint density at radius 3 is 2.46 bits per heavy atom. The van der Waals surface area contributed by atoms with E-state index in [9.17, 15) is 8.42 Å². The molecular weight excluding hydrogens is 387 g/mol. The van der Waals surface area contributed by atoms with Crippen molar-refractivity contribution in [3.63, 3.8) is 0 Å². The van der Waals surface area contributed by atoms with Crippen LogP contribution in [0.25, 0.3) is 0 Å². The summed E-state index contributed by atoms with van der Waals surface area (Å²) in [6, 6.07) is 11.7. The van der Waals surface area contributed by atoms with E-state index in [4.69, 9.17) is 23.2 Å². The maximum absolute atomic E-state index is 12.8. The van der Waals surface area contributed by atoms with E-state index >= 15 is 0 Å². The Hall–Kier alpha value is -0.630. The standard InChI is InChI=1S/C16H18Cl2N2O2S2/c17-15-11-14(16(18)23-15)24(21,22)20-8-4-7-19(9-10-20)12-13-5-2-1-3-6-13/h1-3,5-6,11H,4,7-10,12H2. The predicted molar refractivity (Wildman–Crippen MR) is 99.4 cm³/mol. The molecule has 130 valence electrons. The SMILES string of the molecule is O=S(=O)(c1cc(Cl)sc1Cl)N1CCCN(Cc2ccccc2)CC1. The van der Waals surface area contributed by atoms with Crippen LogP contribution in [0.5, 0.6) is 0 Å². The van der Waals surface area contributed by atoms with Crippen LogP contribution in [0.4, 0.5) is 0 Å². The summed E-state index contributed by atoms with van der Waals surface area (Å²) in [5.74, 6) is 0. The van der Waals surface area contributed by atoms with Crippen molar-refractivity contribution in [2.75, 3.05) is 26.2 Å². The molecule has 3 rings (SSSR count). The molecule has 2 heterocycles. The summed E-state index contributed by atoms with van der Waals surface area (Å²) in [6.07, 6.45) is 0.793. The zero-order valence-electron chi connectivity index (χ0n) is 13.0. The molecule has 2 aromatic rings. The van der Waals surface area contributed by atoms with Crippen molar-refractivity contribution >= 4 is 44.6 Å². The Morgan fingerprint density at radius 2 is 1.79 bits per heavy atom. The van der Waals surface area contributed by atoms with Crippen molar-refractivity contribution in [2.24, 2.45) is 0 Å². The highest BCUT2D eigenvalue weighted by molar-refractivity contribution is 7.89. The first-order valence-corrected chi connectivity index (χ1v) is 10.7. The molecule has 0 amide bonds. The van der Waals surface area contributed by atoms with Gasteiger partial charge in [-0.3, -0.25) is 4.90 Å². The number of thiophene rings is 1. The van der Waals surface area contributed by atoms with Gasteiger partial charge in [-0.2, -0.15) is 4.31 Å². The molecule has 4 nitrogen and oxygen atoms in total. The second-order valence-electron chi connectivity index (χ2n) is 5.71. The van der Waals surface area contributed by atoms with E-state index in [0.29, 0.717) is 24.0 Å². The first-order valence-electron chi connectivity index (χ1n) is 7.68. The fourth-order valence-corrected chi connectivity index (χ4v) is 6.41. The lowest BCUT2D eigenvalue weighted by molar-refractivity contribution is 0.278. The third-order valence-corrected chi connectivity index (χ3v) is 7.69. The van der Waals surface area contributed by atoms with Crippen LogP contribution in [0.3, 0.4) is 0 Å². The first kappa shape index (κ1) is 18.2. The summed E-state index contributed by atoms with van der Waals surface area (Å²) < 4.78 is 27.8. The molecule has 24 heavy (non-hydrogen) atoms. The van der Waals surface area contributed by atoms with Crippen molar-refractivity contribution in [3.05, 3.63) is 50.6 Å². The number of hydrogen-bond donors (Lipinski definition) is 0. The van der Waals surface area contributed by atoms with Gasteiger partial charge in [0.05, 0.1) is 4.34 Å². The van der Waals surface area contributed by atoms with Crippen LogP contribution in [0.1, 0.15) is 12.0 Å². The first-order chi connectivity index (χ1) is 11.5. The van der Waals surface area contributed by atoms with Gasteiger partial charge in [0.2, 0.25) is 10.0 Å². The molecule has 1 saturated heterocycles. The van der Waals surface area contributed by atoms with Crippen LogP contribution in [0, 0.1) is 0 Å². The quantitative estimate of drug-likeness (QED) is 0.774. The van der Waals surface area contributed by atoms with Gasteiger partial charge < -0.3 is 0 Å². The van der Waals surface area contributed by atoms with Crippen molar-refractivity contribution in [3.8, 4) is 0 Å². The molecular formula is C16H18Cl2N2O2S2. The number of hydrogen-bond acceptors (Lipinski definition) is 4. The third-order valence-electron chi connectivity index (χ3n) is 4.04. The molecule has 0 unspecified atom stereocenters. The Kier molecular flexibility index (Phi) is 5.85. The number of benzene rings is 1. The molecule has 1 aliphatic rings. The molecule has 1 aromatic carbocycles. The second kappa shape index (κ2) is 7.72. The van der Waals surface area contributed by atoms with Crippen LogP contribution < -0.4 is 0 Å². The van der Waals surface area contributed by atoms with Crippen LogP contribution in [-0.4, -0.2) is 43.8 Å². The normalized spacial score (nSPS) is 17.8. The molecule has 0 radical (unpaired) electrons. The smallest absolute Gasteiger partial charge is 0.245 e. The number of nitrogens with zero attached hydrogens (tertiary/aromatic N) is 2. The zero-order valence-corrected chi connectivity index (χ0v) is 16.1. The lowest BCUT2D eigenvalue weighted by atomic mass is 10.2. The van der Waals surface area contributed by atoms with E-state index in [0.717, 1.165) is 30.8 Å². The highest BCUT2D eigenvalue weighted by atomic mass is 35.5. The van der Waals surface area contributed by atoms with Gasteiger partial charge in [-0.25, -0.2) is 8.42 Å². The summed E-state index contributed by atoms with van der Waals surface area (Å²) in [5, 5.41) is 0. The lowest BCUT2D eigenvalue weighted by Gasteiger charge is -2.21. The van der Waals surface area contributed by atoms with Gasteiger partial charge in [0, 0.05) is 26.2 Å². The number of sulfonamides is 1. The van der Waals surface area contributed by atoms with E-state index in [2.05, 4.69) is 17.0 Å². The minimum Gasteiger partial charge on any atom is -0.298 e. The molecule has 0 spiro atoms. The van der Waals surface area contributed by atoms with Gasteiger partial charge in [0.15, 0.2) is 0 Å². The van der Waals surface area contributed by atoms with Crippen molar-refractivity contribution in [2.45, 2.75) is 17.9 Å². The van der Waals surface area contributed by atoms with Crippen LogP contribution >= 0.6 is 34.5 Å². The molecule has 8 heteroatoms. The van der Waals surface area contributed by atoms with Crippen molar-refractivity contribution in [1.29, 1.82) is 0 Å². The molecule has 1 fully saturated rings. The average molecular weight is 405 g/mol. The van der Waals surface area contributed by atoms with E-state index < -0.39 is 10.0 Å². The average Bonchev–Trinajstić information content (AvgIpc) is 2.75. The maximum atomic E-state index is 12.8. The highest BCUT2D eigenvalue weighted by Crippen LogP contribution is 2.36. The predicted octanol–water partition coefficient (Wildman–Crippen LogP) is 3.95. The fourth-order valence-electron chi connectivity index (χ4n) is 2.83. The topological polar surface area (TPSA) is 40.6 Å². The Bertz CT molecular complexity index is 794. The van der Waals surface area contributed by atoms with E-state index in [-0.39, 0.29) is 9.23 Å². The summed E-state index contributed by atoms with van der Waals surface area (Å²) in [6.45, 7) is 3.36. The summed E-state index contributed by atoms with van der Waals surface area (Å²) in [7, 11) is -3.59. The minimum atomic E-state index is -3.59. The van der Waals surface area contributed by atoms with Crippen LogP contribution in [0.15, 0.2) is 41.3 Å². The third kappa shape index (κ3) is 4.12. The number of halogens is 2. The molecule has 0 atom stereocenters. The van der Waals surface area contributed by atoms with Gasteiger partial charge in [-0.1, -0.05) is 53.5 Å². The zero-order chi connectivity index (χ0) is 17.2. The second-order valence-corrected chi connectivity index (χ2v) is 9.90. The molecule has 0 bridgehead atoms. The largest absolute Gasteiger partial charge is 0.298 e. The lowest BCUT2D eigenvalue weighted by Crippen LogP contribution is -2.35. The Morgan fingerprint density at radius 1 is 1.04 bits per heavy atom. The molecule has 0 saturated carbocycles. The molecule has 1 aliphatic heterocycles. The molecule has 0 N–H and O–H groups in total. The molecule has 0 aliphatic carbocycles. The van der Waals surface area contributed by atoms with Gasteiger partial charge in [0.25, 0.3) is 0 Å². The van der Waals surface area contributed by atoms with Crippen molar-refractivity contribution in [1.82, 2.24) is 9.21 Å². The van der Waals surface area contributed by atoms with Crippen molar-refractivity contribution < 1.29 is 8.42 Å². The van der Waals surface area contributed by atoms with E-state index in [1.165, 1.54) is 15.9 Å². The van der Waals surface area contributed by atoms with Gasteiger partial charge in [0.1, 0.15) is 9.23 Å². The Labute approximate surface area is 156 Å². The summed E-state index contributed by atoms with van der Waals surface area (Å²) >= 11 is 13.0. The maximum Gasteiger partial charge on any atom is 0.245 e. The summed E-state index contributed by atoms with van der Waals surface area (Å²) in [5.41, 5.74) is 1.24. The number of rotatable bonds is 4. The van der Waals surface area contributed by atoms with Crippen LogP contribution in [-0.2, 0) is 16.6 Å². The monoisotopic (exact) mass is 404 g/mol.